The molecule has 2 aliphatic rings. The maximum Gasteiger partial charge on any atom is 0.246 e. The number of ether oxygens (including phenoxy) is 2. The quantitative estimate of drug-likeness (QED) is 0.825. The first-order valence-corrected chi connectivity index (χ1v) is 6.10. The minimum Gasteiger partial charge on any atom is -0.376 e. The molecule has 1 aromatic heterocycles. The van der Waals surface area contributed by atoms with E-state index in [2.05, 4.69) is 10.1 Å². The summed E-state index contributed by atoms with van der Waals surface area (Å²) in [6, 6.07) is 0. The Bertz CT molecular complexity index is 381. The molecule has 1 aromatic rings. The highest BCUT2D eigenvalue weighted by atomic mass is 16.6. The zero-order valence-electron chi connectivity index (χ0n) is 9.72. The number of hydrogen-bond donors (Lipinski definition) is 1. The SMILES string of the molecule is NC1(c2nc(C3COCCO3)no2)CCCC1. The molecule has 94 valence electrons. The van der Waals surface area contributed by atoms with E-state index in [0.717, 1.165) is 25.7 Å². The Labute approximate surface area is 99.5 Å². The Morgan fingerprint density at radius 2 is 2.06 bits per heavy atom. The van der Waals surface area contributed by atoms with E-state index >= 15 is 0 Å². The minimum absolute atomic E-state index is 0.216. The van der Waals surface area contributed by atoms with Crippen molar-refractivity contribution in [2.24, 2.45) is 5.73 Å². The van der Waals surface area contributed by atoms with E-state index in [-0.39, 0.29) is 6.10 Å². The van der Waals surface area contributed by atoms with Crippen molar-refractivity contribution in [3.63, 3.8) is 0 Å². The summed E-state index contributed by atoms with van der Waals surface area (Å²) in [7, 11) is 0. The smallest absolute Gasteiger partial charge is 0.246 e. The average molecular weight is 239 g/mol. The van der Waals surface area contributed by atoms with Crippen LogP contribution in [0.5, 0.6) is 0 Å². The topological polar surface area (TPSA) is 83.4 Å². The van der Waals surface area contributed by atoms with Crippen LogP contribution in [-0.4, -0.2) is 30.0 Å². The number of nitrogens with two attached hydrogens (primary N) is 1. The molecule has 17 heavy (non-hydrogen) atoms. The second-order valence-electron chi connectivity index (χ2n) is 4.76. The van der Waals surface area contributed by atoms with Crippen molar-refractivity contribution in [3.8, 4) is 0 Å². The van der Waals surface area contributed by atoms with Crippen LogP contribution in [0.1, 0.15) is 43.5 Å². The Hall–Kier alpha value is -0.980. The van der Waals surface area contributed by atoms with Crippen LogP contribution in [0, 0.1) is 0 Å². The molecule has 6 heteroatoms. The molecule has 1 aliphatic carbocycles. The fraction of sp³-hybridized carbons (Fsp3) is 0.818. The van der Waals surface area contributed by atoms with Crippen LogP contribution < -0.4 is 5.73 Å². The van der Waals surface area contributed by atoms with Crippen molar-refractivity contribution in [2.75, 3.05) is 19.8 Å². The van der Waals surface area contributed by atoms with Crippen molar-refractivity contribution >= 4 is 0 Å². The molecule has 1 aliphatic heterocycles. The molecule has 1 saturated carbocycles. The third-order valence-corrected chi connectivity index (χ3v) is 3.47. The summed E-state index contributed by atoms with van der Waals surface area (Å²) >= 11 is 0. The molecule has 3 rings (SSSR count). The summed E-state index contributed by atoms with van der Waals surface area (Å²) in [6.45, 7) is 1.68. The summed E-state index contributed by atoms with van der Waals surface area (Å²) in [5.41, 5.74) is 5.83. The normalized spacial score (nSPS) is 28.4. The Kier molecular flexibility index (Phi) is 2.85. The van der Waals surface area contributed by atoms with Crippen LogP contribution in [0.25, 0.3) is 0 Å². The van der Waals surface area contributed by atoms with E-state index in [1.807, 2.05) is 0 Å². The van der Waals surface area contributed by atoms with Gasteiger partial charge in [-0.25, -0.2) is 0 Å². The Balaban J connectivity index is 1.77. The van der Waals surface area contributed by atoms with Gasteiger partial charge >= 0.3 is 0 Å². The van der Waals surface area contributed by atoms with Crippen LogP contribution >= 0.6 is 0 Å². The highest BCUT2D eigenvalue weighted by Gasteiger charge is 2.37. The zero-order chi connectivity index (χ0) is 11.7. The molecule has 2 heterocycles. The molecule has 2 N–H and O–H groups in total. The standard InChI is InChI=1S/C11H17N3O3/c12-11(3-1-2-4-11)10-13-9(14-17-10)8-7-15-5-6-16-8/h8H,1-7,12H2. The van der Waals surface area contributed by atoms with Crippen LogP contribution in [-0.2, 0) is 15.0 Å². The zero-order valence-corrected chi connectivity index (χ0v) is 9.72. The number of aromatic nitrogens is 2. The van der Waals surface area contributed by atoms with Gasteiger partial charge in [0.15, 0.2) is 0 Å². The van der Waals surface area contributed by atoms with Gasteiger partial charge in [0.25, 0.3) is 0 Å². The predicted octanol–water partition coefficient (Wildman–Crippen LogP) is 0.885. The van der Waals surface area contributed by atoms with Gasteiger partial charge in [-0.1, -0.05) is 18.0 Å². The lowest BCUT2D eigenvalue weighted by Gasteiger charge is -2.20. The van der Waals surface area contributed by atoms with E-state index in [1.54, 1.807) is 0 Å². The summed E-state index contributed by atoms with van der Waals surface area (Å²) in [5, 5.41) is 3.96. The van der Waals surface area contributed by atoms with Gasteiger partial charge in [-0.15, -0.1) is 0 Å². The highest BCUT2D eigenvalue weighted by Crippen LogP contribution is 2.35. The summed E-state index contributed by atoms with van der Waals surface area (Å²) in [4.78, 5) is 4.38. The van der Waals surface area contributed by atoms with Crippen molar-refractivity contribution in [3.05, 3.63) is 11.7 Å². The van der Waals surface area contributed by atoms with Gasteiger partial charge in [-0.3, -0.25) is 0 Å². The van der Waals surface area contributed by atoms with Crippen molar-refractivity contribution in [2.45, 2.75) is 37.3 Å². The second kappa shape index (κ2) is 4.36. The van der Waals surface area contributed by atoms with E-state index < -0.39 is 5.54 Å². The van der Waals surface area contributed by atoms with Crippen LogP contribution in [0.2, 0.25) is 0 Å². The van der Waals surface area contributed by atoms with E-state index in [0.29, 0.717) is 31.5 Å². The van der Waals surface area contributed by atoms with Crippen molar-refractivity contribution < 1.29 is 14.0 Å². The molecular weight excluding hydrogens is 222 g/mol. The van der Waals surface area contributed by atoms with Crippen LogP contribution in [0.15, 0.2) is 4.52 Å². The molecular formula is C11H17N3O3. The van der Waals surface area contributed by atoms with Gasteiger partial charge in [-0.2, -0.15) is 4.98 Å². The molecule has 0 amide bonds. The van der Waals surface area contributed by atoms with Gasteiger partial charge in [0.05, 0.1) is 25.4 Å². The molecule has 0 bridgehead atoms. The van der Waals surface area contributed by atoms with Gasteiger partial charge in [0.2, 0.25) is 11.7 Å². The van der Waals surface area contributed by atoms with E-state index in [9.17, 15) is 0 Å². The summed E-state index contributed by atoms with van der Waals surface area (Å²) in [6.07, 6.45) is 3.85. The molecule has 1 unspecified atom stereocenters. The molecule has 0 spiro atoms. The molecule has 0 radical (unpaired) electrons. The lowest BCUT2D eigenvalue weighted by atomic mass is 9.99. The maximum absolute atomic E-state index is 6.25. The van der Waals surface area contributed by atoms with Crippen LogP contribution in [0.3, 0.4) is 0 Å². The van der Waals surface area contributed by atoms with Gasteiger partial charge < -0.3 is 19.7 Å². The Morgan fingerprint density at radius 1 is 1.24 bits per heavy atom. The minimum atomic E-state index is -0.430. The highest BCUT2D eigenvalue weighted by molar-refractivity contribution is 5.06. The largest absolute Gasteiger partial charge is 0.376 e. The monoisotopic (exact) mass is 239 g/mol. The molecule has 0 aromatic carbocycles. The predicted molar refractivity (Wildman–Crippen MR) is 58.1 cm³/mol. The summed E-state index contributed by atoms with van der Waals surface area (Å²) < 4.78 is 16.1. The third kappa shape index (κ3) is 2.08. The van der Waals surface area contributed by atoms with Crippen LogP contribution in [0.4, 0.5) is 0 Å². The first kappa shape index (κ1) is 11.1. The van der Waals surface area contributed by atoms with Gasteiger partial charge in [0.1, 0.15) is 6.10 Å². The first-order valence-electron chi connectivity index (χ1n) is 6.10. The Morgan fingerprint density at radius 3 is 2.76 bits per heavy atom. The maximum atomic E-state index is 6.25. The third-order valence-electron chi connectivity index (χ3n) is 3.47. The summed E-state index contributed by atoms with van der Waals surface area (Å²) in [5.74, 6) is 1.09. The lowest BCUT2D eigenvalue weighted by molar-refractivity contribution is -0.0941. The fourth-order valence-corrected chi connectivity index (χ4v) is 2.42. The molecule has 2 fully saturated rings. The number of hydrogen-bond acceptors (Lipinski definition) is 6. The number of rotatable bonds is 2. The van der Waals surface area contributed by atoms with Crippen molar-refractivity contribution in [1.82, 2.24) is 10.1 Å². The van der Waals surface area contributed by atoms with E-state index in [4.69, 9.17) is 19.7 Å². The van der Waals surface area contributed by atoms with Gasteiger partial charge in [0, 0.05) is 0 Å². The molecule has 1 saturated heterocycles. The molecule has 6 nitrogen and oxygen atoms in total. The fourth-order valence-electron chi connectivity index (χ4n) is 2.42. The van der Waals surface area contributed by atoms with E-state index in [1.165, 1.54) is 0 Å². The second-order valence-corrected chi connectivity index (χ2v) is 4.76. The average Bonchev–Trinajstić information content (AvgIpc) is 2.99. The lowest BCUT2D eigenvalue weighted by Crippen LogP contribution is -2.33. The number of nitrogens with zero attached hydrogens (tertiary/aromatic N) is 2. The molecule has 1 atom stereocenters. The van der Waals surface area contributed by atoms with Gasteiger partial charge in [-0.05, 0) is 12.8 Å². The first-order chi connectivity index (χ1) is 8.28. The van der Waals surface area contributed by atoms with Crippen molar-refractivity contribution in [1.29, 1.82) is 0 Å².